The highest BCUT2D eigenvalue weighted by Gasteiger charge is 2.39. The van der Waals surface area contributed by atoms with Crippen LogP contribution in [0.5, 0.6) is 5.75 Å². The van der Waals surface area contributed by atoms with Crippen molar-refractivity contribution >= 4 is 35.6 Å². The smallest absolute Gasteiger partial charge is 0.119 e. The van der Waals surface area contributed by atoms with E-state index < -0.39 is 0 Å². The summed E-state index contributed by atoms with van der Waals surface area (Å²) in [6, 6.07) is 23.9. The summed E-state index contributed by atoms with van der Waals surface area (Å²) >= 11 is 0. The molecule has 5 heteroatoms. The Balaban J connectivity index is 0.00000171. The number of hydrogen-bond acceptors (Lipinski definition) is 3. The highest BCUT2D eigenvalue weighted by atomic mass is 35.5. The first kappa shape index (κ1) is 25.2. The van der Waals surface area contributed by atoms with E-state index in [0.29, 0.717) is 0 Å². The Hall–Kier alpha value is -2.04. The molecule has 0 radical (unpaired) electrons. The number of halogens is 2. The van der Waals surface area contributed by atoms with Gasteiger partial charge in [-0.05, 0) is 41.0 Å². The summed E-state index contributed by atoms with van der Waals surface area (Å²) < 4.78 is 5.45. The number of piperazine rings is 1. The predicted molar refractivity (Wildman–Crippen MR) is 136 cm³/mol. The van der Waals surface area contributed by atoms with Crippen LogP contribution in [-0.2, 0) is 12.1 Å². The summed E-state index contributed by atoms with van der Waals surface area (Å²) in [4.78, 5) is 5.14. The van der Waals surface area contributed by atoms with Gasteiger partial charge in [-0.15, -0.1) is 31.4 Å². The van der Waals surface area contributed by atoms with Gasteiger partial charge in [0, 0.05) is 32.7 Å². The molecule has 1 fully saturated rings. The molecule has 1 atom stereocenters. The summed E-state index contributed by atoms with van der Waals surface area (Å²) in [5, 5.41) is 2.64. The SMILES string of the molecule is C=CCN1CCN(Cc2cccc(OC)c2)C(C)(c2cccc3ccccc23)C1.Cl.Cl. The highest BCUT2D eigenvalue weighted by molar-refractivity contribution is 5.86. The second-order valence-corrected chi connectivity index (χ2v) is 8.10. The molecule has 1 aliphatic heterocycles. The van der Waals surface area contributed by atoms with Crippen molar-refractivity contribution in [2.45, 2.75) is 19.0 Å². The van der Waals surface area contributed by atoms with Crippen molar-refractivity contribution in [1.82, 2.24) is 9.80 Å². The molecule has 0 saturated carbocycles. The lowest BCUT2D eigenvalue weighted by Gasteiger charge is -2.50. The minimum Gasteiger partial charge on any atom is -0.497 e. The highest BCUT2D eigenvalue weighted by Crippen LogP contribution is 2.37. The molecule has 0 amide bonds. The summed E-state index contributed by atoms with van der Waals surface area (Å²) in [6.45, 7) is 11.2. The maximum atomic E-state index is 5.45. The van der Waals surface area contributed by atoms with E-state index in [2.05, 4.69) is 84.0 Å². The predicted octanol–water partition coefficient (Wildman–Crippen LogP) is 5.91. The number of rotatable bonds is 6. The first-order chi connectivity index (χ1) is 14.1. The van der Waals surface area contributed by atoms with Crippen molar-refractivity contribution in [2.75, 3.05) is 33.3 Å². The fourth-order valence-electron chi connectivity index (χ4n) is 4.66. The zero-order valence-electron chi connectivity index (χ0n) is 18.3. The third-order valence-corrected chi connectivity index (χ3v) is 6.18. The lowest BCUT2D eigenvalue weighted by Crippen LogP contribution is -2.58. The van der Waals surface area contributed by atoms with Crippen LogP contribution < -0.4 is 4.74 Å². The maximum absolute atomic E-state index is 5.45. The summed E-state index contributed by atoms with van der Waals surface area (Å²) in [6.07, 6.45) is 2.02. The van der Waals surface area contributed by atoms with Crippen molar-refractivity contribution in [3.05, 3.63) is 90.5 Å². The second-order valence-electron chi connectivity index (χ2n) is 8.10. The molecule has 166 valence electrons. The van der Waals surface area contributed by atoms with Gasteiger partial charge >= 0.3 is 0 Å². The van der Waals surface area contributed by atoms with E-state index >= 15 is 0 Å². The van der Waals surface area contributed by atoms with Gasteiger partial charge in [0.1, 0.15) is 5.75 Å². The Morgan fingerprint density at radius 3 is 2.52 bits per heavy atom. The van der Waals surface area contributed by atoms with Crippen LogP contribution in [0, 0.1) is 0 Å². The molecule has 0 bridgehead atoms. The number of methoxy groups -OCH3 is 1. The fourth-order valence-corrected chi connectivity index (χ4v) is 4.66. The average molecular weight is 459 g/mol. The van der Waals surface area contributed by atoms with Gasteiger partial charge < -0.3 is 4.74 Å². The molecular weight excluding hydrogens is 427 g/mol. The second kappa shape index (κ2) is 11.0. The Labute approximate surface area is 198 Å². The molecule has 0 N–H and O–H groups in total. The molecule has 0 aromatic heterocycles. The van der Waals surface area contributed by atoms with Gasteiger partial charge in [0.2, 0.25) is 0 Å². The lowest BCUT2D eigenvalue weighted by molar-refractivity contribution is 0.00437. The van der Waals surface area contributed by atoms with Crippen LogP contribution in [0.1, 0.15) is 18.1 Å². The Bertz CT molecular complexity index is 1000. The largest absolute Gasteiger partial charge is 0.497 e. The molecule has 1 aliphatic rings. The van der Waals surface area contributed by atoms with Gasteiger partial charge in [0.15, 0.2) is 0 Å². The molecule has 3 aromatic rings. The van der Waals surface area contributed by atoms with Crippen LogP contribution >= 0.6 is 24.8 Å². The Morgan fingerprint density at radius 1 is 1.00 bits per heavy atom. The van der Waals surface area contributed by atoms with Crippen LogP contribution in [-0.4, -0.2) is 43.1 Å². The molecule has 3 nitrogen and oxygen atoms in total. The normalized spacial score (nSPS) is 19.3. The Kier molecular flexibility index (Phi) is 8.96. The fraction of sp³-hybridized carbons (Fsp3) is 0.308. The molecule has 3 aromatic carbocycles. The van der Waals surface area contributed by atoms with Crippen molar-refractivity contribution in [3.8, 4) is 5.75 Å². The van der Waals surface area contributed by atoms with E-state index in [1.807, 2.05) is 12.1 Å². The van der Waals surface area contributed by atoms with Gasteiger partial charge in [0.05, 0.1) is 12.6 Å². The van der Waals surface area contributed by atoms with Crippen LogP contribution in [0.4, 0.5) is 0 Å². The molecular formula is C26H32Cl2N2O. The van der Waals surface area contributed by atoms with Crippen LogP contribution in [0.2, 0.25) is 0 Å². The van der Waals surface area contributed by atoms with E-state index in [4.69, 9.17) is 4.74 Å². The summed E-state index contributed by atoms with van der Waals surface area (Å²) in [7, 11) is 1.73. The minimum absolute atomic E-state index is 0. The maximum Gasteiger partial charge on any atom is 0.119 e. The van der Waals surface area contributed by atoms with E-state index in [9.17, 15) is 0 Å². The van der Waals surface area contributed by atoms with Crippen LogP contribution in [0.15, 0.2) is 79.4 Å². The van der Waals surface area contributed by atoms with Crippen LogP contribution in [0.25, 0.3) is 10.8 Å². The first-order valence-corrected chi connectivity index (χ1v) is 10.3. The zero-order chi connectivity index (χ0) is 20.3. The number of hydrogen-bond donors (Lipinski definition) is 0. The quantitative estimate of drug-likeness (QED) is 0.426. The minimum atomic E-state index is -0.0921. The standard InChI is InChI=1S/C26H30N2O.2ClH/c1-4-15-27-16-17-28(19-21-9-7-12-23(18-21)29-3)26(2,20-27)25-14-8-11-22-10-5-6-13-24(22)25;;/h4-14,18H,1,15-17,19-20H2,2-3H3;2*1H. The number of benzene rings is 3. The molecule has 1 unspecified atom stereocenters. The van der Waals surface area contributed by atoms with Crippen molar-refractivity contribution < 1.29 is 4.74 Å². The van der Waals surface area contributed by atoms with Gasteiger partial charge in [-0.3, -0.25) is 9.80 Å². The molecule has 31 heavy (non-hydrogen) atoms. The van der Waals surface area contributed by atoms with Crippen molar-refractivity contribution in [3.63, 3.8) is 0 Å². The molecule has 1 heterocycles. The monoisotopic (exact) mass is 458 g/mol. The number of fused-ring (bicyclic) bond motifs is 1. The van der Waals surface area contributed by atoms with Gasteiger partial charge in [-0.2, -0.15) is 0 Å². The van der Waals surface area contributed by atoms with Gasteiger partial charge in [0.25, 0.3) is 0 Å². The zero-order valence-corrected chi connectivity index (χ0v) is 19.9. The lowest BCUT2D eigenvalue weighted by atomic mass is 9.83. The molecule has 0 spiro atoms. The van der Waals surface area contributed by atoms with Crippen LogP contribution in [0.3, 0.4) is 0 Å². The number of ether oxygens (including phenoxy) is 1. The Morgan fingerprint density at radius 2 is 1.74 bits per heavy atom. The van der Waals surface area contributed by atoms with Gasteiger partial charge in [-0.25, -0.2) is 0 Å². The van der Waals surface area contributed by atoms with Crippen molar-refractivity contribution in [2.24, 2.45) is 0 Å². The first-order valence-electron chi connectivity index (χ1n) is 10.3. The van der Waals surface area contributed by atoms with E-state index in [1.165, 1.54) is 21.9 Å². The van der Waals surface area contributed by atoms with E-state index in [-0.39, 0.29) is 30.4 Å². The molecule has 0 aliphatic carbocycles. The number of nitrogens with zero attached hydrogens (tertiary/aromatic N) is 2. The topological polar surface area (TPSA) is 15.7 Å². The molecule has 1 saturated heterocycles. The third kappa shape index (κ3) is 5.24. The summed E-state index contributed by atoms with van der Waals surface area (Å²) in [5.74, 6) is 0.916. The van der Waals surface area contributed by atoms with Crippen molar-refractivity contribution in [1.29, 1.82) is 0 Å². The summed E-state index contributed by atoms with van der Waals surface area (Å²) in [5.41, 5.74) is 2.59. The third-order valence-electron chi connectivity index (χ3n) is 6.18. The van der Waals surface area contributed by atoms with E-state index in [1.54, 1.807) is 7.11 Å². The van der Waals surface area contributed by atoms with E-state index in [0.717, 1.165) is 38.5 Å². The van der Waals surface area contributed by atoms with Gasteiger partial charge in [-0.1, -0.05) is 60.7 Å². The molecule has 4 rings (SSSR count). The average Bonchev–Trinajstić information content (AvgIpc) is 2.75.